The number of anilines is 2. The number of hydrogen-bond acceptors (Lipinski definition) is 5. The average Bonchev–Trinajstić information content (AvgIpc) is 3.16. The second kappa shape index (κ2) is 5.44. The first-order valence-electron chi connectivity index (χ1n) is 6.22. The predicted molar refractivity (Wildman–Crippen MR) is 71.9 cm³/mol. The smallest absolute Gasteiger partial charge is 0.215 e. The molecule has 0 unspecified atom stereocenters. The van der Waals surface area contributed by atoms with Crippen molar-refractivity contribution >= 4 is 11.5 Å². The second-order valence-electron chi connectivity index (χ2n) is 4.89. The molecule has 0 saturated heterocycles. The summed E-state index contributed by atoms with van der Waals surface area (Å²) in [6.45, 7) is 1.70. The van der Waals surface area contributed by atoms with E-state index in [4.69, 9.17) is 15.2 Å². The number of nitrogen functional groups attached to an aromatic ring is 1. The second-order valence-corrected chi connectivity index (χ2v) is 4.89. The maximum atomic E-state index is 5.89. The number of nitrogens with zero attached hydrogens (tertiary/aromatic N) is 1. The van der Waals surface area contributed by atoms with Crippen LogP contribution in [-0.2, 0) is 4.74 Å². The molecule has 1 heterocycles. The maximum absolute atomic E-state index is 5.89. The van der Waals surface area contributed by atoms with Crippen LogP contribution in [0.15, 0.2) is 12.1 Å². The molecule has 0 atom stereocenters. The Morgan fingerprint density at radius 2 is 2.17 bits per heavy atom. The molecule has 1 aliphatic rings. The molecule has 3 N–H and O–H groups in total. The first-order valence-corrected chi connectivity index (χ1v) is 6.22. The van der Waals surface area contributed by atoms with Crippen LogP contribution >= 0.6 is 0 Å². The fourth-order valence-electron chi connectivity index (χ4n) is 1.99. The van der Waals surface area contributed by atoms with Crippen molar-refractivity contribution in [1.82, 2.24) is 4.98 Å². The van der Waals surface area contributed by atoms with Gasteiger partial charge in [-0.15, -0.1) is 0 Å². The number of ether oxygens (including phenoxy) is 2. The lowest BCUT2D eigenvalue weighted by Gasteiger charge is -2.17. The molecular formula is C13H21N3O2. The Morgan fingerprint density at radius 1 is 1.39 bits per heavy atom. The van der Waals surface area contributed by atoms with Crippen molar-refractivity contribution in [2.75, 3.05) is 38.4 Å². The minimum atomic E-state index is 0.368. The van der Waals surface area contributed by atoms with Crippen molar-refractivity contribution in [3.63, 3.8) is 0 Å². The molecule has 5 heteroatoms. The SMILES string of the molecule is COCCC1(CNc2nc(OC)ccc2N)CC1. The van der Waals surface area contributed by atoms with Gasteiger partial charge in [0.05, 0.1) is 12.8 Å². The highest BCUT2D eigenvalue weighted by Gasteiger charge is 2.41. The number of nitrogens with two attached hydrogens (primary N) is 1. The van der Waals surface area contributed by atoms with Crippen LogP contribution in [0, 0.1) is 5.41 Å². The Bertz CT molecular complexity index is 405. The van der Waals surface area contributed by atoms with E-state index in [1.165, 1.54) is 12.8 Å². The molecule has 0 bridgehead atoms. The van der Waals surface area contributed by atoms with E-state index in [0.29, 0.717) is 22.8 Å². The number of hydrogen-bond donors (Lipinski definition) is 2. The lowest BCUT2D eigenvalue weighted by Crippen LogP contribution is -2.18. The first-order chi connectivity index (χ1) is 8.69. The summed E-state index contributed by atoms with van der Waals surface area (Å²) in [6.07, 6.45) is 3.57. The average molecular weight is 251 g/mol. The number of rotatable bonds is 7. The Kier molecular flexibility index (Phi) is 3.91. The summed E-state index contributed by atoms with van der Waals surface area (Å²) in [7, 11) is 3.34. The van der Waals surface area contributed by atoms with E-state index in [9.17, 15) is 0 Å². The standard InChI is InChI=1S/C13H21N3O2/c1-17-8-7-13(5-6-13)9-15-12-10(14)3-4-11(16-12)18-2/h3-4H,5-9,14H2,1-2H3,(H,15,16). The summed E-state index contributed by atoms with van der Waals surface area (Å²) in [5, 5.41) is 3.33. The Labute approximate surface area is 108 Å². The Hall–Kier alpha value is -1.49. The van der Waals surface area contributed by atoms with Gasteiger partial charge in [-0.25, -0.2) is 0 Å². The zero-order valence-corrected chi connectivity index (χ0v) is 11.0. The molecule has 1 aliphatic carbocycles. The van der Waals surface area contributed by atoms with Gasteiger partial charge in [0.2, 0.25) is 5.88 Å². The molecule has 5 nitrogen and oxygen atoms in total. The molecular weight excluding hydrogens is 230 g/mol. The van der Waals surface area contributed by atoms with Crippen LogP contribution in [0.25, 0.3) is 0 Å². The number of aromatic nitrogens is 1. The molecule has 0 amide bonds. The highest BCUT2D eigenvalue weighted by molar-refractivity contribution is 5.62. The molecule has 0 aliphatic heterocycles. The highest BCUT2D eigenvalue weighted by atomic mass is 16.5. The summed E-state index contributed by atoms with van der Waals surface area (Å²) in [5.41, 5.74) is 6.91. The van der Waals surface area contributed by atoms with Crippen LogP contribution < -0.4 is 15.8 Å². The minimum Gasteiger partial charge on any atom is -0.481 e. The van der Waals surface area contributed by atoms with Gasteiger partial charge in [-0.05, 0) is 30.7 Å². The van der Waals surface area contributed by atoms with Gasteiger partial charge in [0.15, 0.2) is 5.82 Å². The van der Waals surface area contributed by atoms with Crippen LogP contribution in [0.3, 0.4) is 0 Å². The quantitative estimate of drug-likeness (QED) is 0.774. The van der Waals surface area contributed by atoms with E-state index in [1.807, 2.05) is 6.07 Å². The molecule has 0 aromatic carbocycles. The molecule has 0 spiro atoms. The normalized spacial score (nSPS) is 16.3. The van der Waals surface area contributed by atoms with Crippen molar-refractivity contribution in [2.24, 2.45) is 5.41 Å². The third-order valence-electron chi connectivity index (χ3n) is 3.53. The molecule has 1 saturated carbocycles. The zero-order valence-electron chi connectivity index (χ0n) is 11.0. The van der Waals surface area contributed by atoms with Crippen LogP contribution in [0.4, 0.5) is 11.5 Å². The predicted octanol–water partition coefficient (Wildman–Crippen LogP) is 1.90. The van der Waals surface area contributed by atoms with Crippen molar-refractivity contribution in [1.29, 1.82) is 0 Å². The van der Waals surface area contributed by atoms with Crippen LogP contribution in [-0.4, -0.2) is 32.4 Å². The van der Waals surface area contributed by atoms with Crippen LogP contribution in [0.2, 0.25) is 0 Å². The van der Waals surface area contributed by atoms with Gasteiger partial charge < -0.3 is 20.5 Å². The molecule has 1 aromatic rings. The molecule has 0 radical (unpaired) electrons. The zero-order chi connectivity index (χ0) is 13.0. The molecule has 1 aromatic heterocycles. The maximum Gasteiger partial charge on any atom is 0.215 e. The molecule has 2 rings (SSSR count). The van der Waals surface area contributed by atoms with Gasteiger partial charge in [0, 0.05) is 26.3 Å². The van der Waals surface area contributed by atoms with Crippen LogP contribution in [0.1, 0.15) is 19.3 Å². The van der Waals surface area contributed by atoms with E-state index < -0.39 is 0 Å². The third-order valence-corrected chi connectivity index (χ3v) is 3.53. The molecule has 18 heavy (non-hydrogen) atoms. The van der Waals surface area contributed by atoms with Gasteiger partial charge >= 0.3 is 0 Å². The highest BCUT2D eigenvalue weighted by Crippen LogP contribution is 2.48. The fourth-order valence-corrected chi connectivity index (χ4v) is 1.99. The lowest BCUT2D eigenvalue weighted by molar-refractivity contribution is 0.175. The topological polar surface area (TPSA) is 69.4 Å². The van der Waals surface area contributed by atoms with E-state index in [2.05, 4.69) is 10.3 Å². The summed E-state index contributed by atoms with van der Waals surface area (Å²) < 4.78 is 10.2. The van der Waals surface area contributed by atoms with Crippen molar-refractivity contribution in [3.05, 3.63) is 12.1 Å². The van der Waals surface area contributed by atoms with Gasteiger partial charge in [-0.2, -0.15) is 4.98 Å². The van der Waals surface area contributed by atoms with Crippen molar-refractivity contribution in [3.8, 4) is 5.88 Å². The Balaban J connectivity index is 1.93. The number of methoxy groups -OCH3 is 2. The van der Waals surface area contributed by atoms with Gasteiger partial charge in [0.25, 0.3) is 0 Å². The minimum absolute atomic E-state index is 0.368. The number of pyridine rings is 1. The van der Waals surface area contributed by atoms with E-state index in [-0.39, 0.29) is 0 Å². The summed E-state index contributed by atoms with van der Waals surface area (Å²) in [5.74, 6) is 1.28. The largest absolute Gasteiger partial charge is 0.481 e. The summed E-state index contributed by atoms with van der Waals surface area (Å²) >= 11 is 0. The van der Waals surface area contributed by atoms with Crippen molar-refractivity contribution < 1.29 is 9.47 Å². The van der Waals surface area contributed by atoms with Crippen LogP contribution in [0.5, 0.6) is 5.88 Å². The first kappa shape index (κ1) is 13.0. The summed E-state index contributed by atoms with van der Waals surface area (Å²) in [6, 6.07) is 3.57. The van der Waals surface area contributed by atoms with Gasteiger partial charge in [-0.1, -0.05) is 0 Å². The monoisotopic (exact) mass is 251 g/mol. The molecule has 1 fully saturated rings. The van der Waals surface area contributed by atoms with Gasteiger partial charge in [-0.3, -0.25) is 0 Å². The van der Waals surface area contributed by atoms with E-state index in [1.54, 1.807) is 20.3 Å². The third kappa shape index (κ3) is 3.04. The van der Waals surface area contributed by atoms with E-state index >= 15 is 0 Å². The fraction of sp³-hybridized carbons (Fsp3) is 0.615. The van der Waals surface area contributed by atoms with Crippen molar-refractivity contribution in [2.45, 2.75) is 19.3 Å². The van der Waals surface area contributed by atoms with E-state index in [0.717, 1.165) is 19.6 Å². The lowest BCUT2D eigenvalue weighted by atomic mass is 10.0. The van der Waals surface area contributed by atoms with Gasteiger partial charge in [0.1, 0.15) is 0 Å². The number of nitrogens with one attached hydrogen (secondary N) is 1. The Morgan fingerprint density at radius 3 is 2.78 bits per heavy atom. The summed E-state index contributed by atoms with van der Waals surface area (Å²) in [4.78, 5) is 4.31. The molecule has 100 valence electrons.